The van der Waals surface area contributed by atoms with Gasteiger partial charge in [0.1, 0.15) is 17.0 Å². The van der Waals surface area contributed by atoms with Crippen LogP contribution in [0.3, 0.4) is 0 Å². The quantitative estimate of drug-likeness (QED) is 0.687. The van der Waals surface area contributed by atoms with E-state index in [9.17, 15) is 5.11 Å². The first-order valence-electron chi connectivity index (χ1n) is 7.76. The summed E-state index contributed by atoms with van der Waals surface area (Å²) in [5, 5.41) is 18.2. The average molecular weight is 326 g/mol. The molecule has 118 valence electrons. The molecule has 0 bridgehead atoms. The van der Waals surface area contributed by atoms with Gasteiger partial charge in [0.05, 0.1) is 11.5 Å². The Bertz CT molecular complexity index is 818. The second kappa shape index (κ2) is 6.23. The number of aliphatic hydroxyl groups excluding tert-OH is 1. The minimum Gasteiger partial charge on any atom is -0.387 e. The maximum Gasteiger partial charge on any atom is 0.138 e. The van der Waals surface area contributed by atoms with Gasteiger partial charge in [0.2, 0.25) is 0 Å². The van der Waals surface area contributed by atoms with Gasteiger partial charge in [-0.1, -0.05) is 30.3 Å². The number of anilines is 1. The predicted octanol–water partition coefficient (Wildman–Crippen LogP) is 2.48. The van der Waals surface area contributed by atoms with Crippen molar-refractivity contribution in [3.05, 3.63) is 52.7 Å². The zero-order valence-electron chi connectivity index (χ0n) is 12.6. The molecule has 5 nitrogen and oxygen atoms in total. The Hall–Kier alpha value is -2.02. The van der Waals surface area contributed by atoms with Gasteiger partial charge >= 0.3 is 0 Å². The molecule has 1 atom stereocenters. The SMILES string of the molecule is O[C@@H](CNc1ncnc2sc3c(c12)CCNC3)c1ccccc1. The number of aliphatic hydroxyl groups is 1. The summed E-state index contributed by atoms with van der Waals surface area (Å²) in [5.41, 5.74) is 2.25. The van der Waals surface area contributed by atoms with E-state index in [0.717, 1.165) is 41.1 Å². The van der Waals surface area contributed by atoms with Crippen LogP contribution in [0.5, 0.6) is 0 Å². The Morgan fingerprint density at radius 1 is 1.26 bits per heavy atom. The van der Waals surface area contributed by atoms with E-state index in [0.29, 0.717) is 6.54 Å². The van der Waals surface area contributed by atoms with Gasteiger partial charge < -0.3 is 15.7 Å². The molecule has 3 aromatic rings. The lowest BCUT2D eigenvalue weighted by Crippen LogP contribution is -2.22. The van der Waals surface area contributed by atoms with Crippen molar-refractivity contribution >= 4 is 27.4 Å². The maximum atomic E-state index is 10.3. The normalized spacial score (nSPS) is 15.3. The van der Waals surface area contributed by atoms with Crippen molar-refractivity contribution < 1.29 is 5.11 Å². The largest absolute Gasteiger partial charge is 0.387 e. The Kier molecular flexibility index (Phi) is 3.95. The lowest BCUT2D eigenvalue weighted by atomic mass is 10.1. The van der Waals surface area contributed by atoms with Crippen molar-refractivity contribution in [3.63, 3.8) is 0 Å². The summed E-state index contributed by atoms with van der Waals surface area (Å²) in [6.45, 7) is 2.32. The first-order valence-corrected chi connectivity index (χ1v) is 8.57. The molecule has 0 fully saturated rings. The van der Waals surface area contributed by atoms with Gasteiger partial charge in [-0.3, -0.25) is 0 Å². The van der Waals surface area contributed by atoms with Gasteiger partial charge in [-0.05, 0) is 24.1 Å². The van der Waals surface area contributed by atoms with Gasteiger partial charge in [-0.15, -0.1) is 11.3 Å². The standard InChI is InChI=1S/C17H18N4OS/c22-13(11-4-2-1-3-5-11)8-19-16-15-12-6-7-18-9-14(12)23-17(15)21-10-20-16/h1-5,10,13,18,22H,6-9H2,(H,19,20,21)/t13-/m0/s1. The third kappa shape index (κ3) is 2.81. The Labute approximate surface area is 138 Å². The summed E-state index contributed by atoms with van der Waals surface area (Å²) in [5.74, 6) is 0.824. The van der Waals surface area contributed by atoms with Crippen LogP contribution in [-0.2, 0) is 13.0 Å². The van der Waals surface area contributed by atoms with Crippen molar-refractivity contribution in [3.8, 4) is 0 Å². The molecule has 0 saturated carbocycles. The predicted molar refractivity (Wildman–Crippen MR) is 92.7 cm³/mol. The Balaban J connectivity index is 1.60. The summed E-state index contributed by atoms with van der Waals surface area (Å²) in [7, 11) is 0. The van der Waals surface area contributed by atoms with Crippen molar-refractivity contribution in [2.24, 2.45) is 0 Å². The molecular weight excluding hydrogens is 308 g/mol. The van der Waals surface area contributed by atoms with Gasteiger partial charge in [0.15, 0.2) is 0 Å². The first kappa shape index (κ1) is 14.6. The van der Waals surface area contributed by atoms with Gasteiger partial charge in [-0.25, -0.2) is 9.97 Å². The summed E-state index contributed by atoms with van der Waals surface area (Å²) in [6, 6.07) is 9.68. The van der Waals surface area contributed by atoms with Crippen LogP contribution in [0.25, 0.3) is 10.2 Å². The van der Waals surface area contributed by atoms with Crippen LogP contribution >= 0.6 is 11.3 Å². The lowest BCUT2D eigenvalue weighted by molar-refractivity contribution is 0.191. The zero-order chi connectivity index (χ0) is 15.6. The molecule has 0 spiro atoms. The topological polar surface area (TPSA) is 70.1 Å². The number of benzene rings is 1. The number of rotatable bonds is 4. The van der Waals surface area contributed by atoms with Crippen LogP contribution in [0, 0.1) is 0 Å². The third-order valence-electron chi connectivity index (χ3n) is 4.16. The summed E-state index contributed by atoms with van der Waals surface area (Å²) >= 11 is 1.73. The molecule has 0 unspecified atom stereocenters. The van der Waals surface area contributed by atoms with E-state index in [1.165, 1.54) is 10.4 Å². The number of hydrogen-bond acceptors (Lipinski definition) is 6. The van der Waals surface area contributed by atoms with E-state index < -0.39 is 6.10 Å². The molecule has 4 rings (SSSR count). The average Bonchev–Trinajstić information content (AvgIpc) is 2.99. The fourth-order valence-corrected chi connectivity index (χ4v) is 4.14. The molecule has 3 heterocycles. The monoisotopic (exact) mass is 326 g/mol. The van der Waals surface area contributed by atoms with Crippen molar-refractivity contribution in [1.29, 1.82) is 0 Å². The minimum absolute atomic E-state index is 0.430. The van der Waals surface area contributed by atoms with Crippen LogP contribution in [0.15, 0.2) is 36.7 Å². The van der Waals surface area contributed by atoms with E-state index in [1.807, 2.05) is 30.3 Å². The molecule has 1 aromatic carbocycles. The highest BCUT2D eigenvalue weighted by Gasteiger charge is 2.20. The fourth-order valence-electron chi connectivity index (χ4n) is 2.98. The first-order chi connectivity index (χ1) is 11.3. The Morgan fingerprint density at radius 3 is 3.00 bits per heavy atom. The molecule has 0 saturated heterocycles. The van der Waals surface area contributed by atoms with Gasteiger partial charge in [0.25, 0.3) is 0 Å². The molecule has 0 amide bonds. The van der Waals surface area contributed by atoms with Gasteiger partial charge in [-0.2, -0.15) is 0 Å². The number of nitrogens with one attached hydrogen (secondary N) is 2. The fraction of sp³-hybridized carbons (Fsp3) is 0.294. The van der Waals surface area contributed by atoms with E-state index in [4.69, 9.17) is 0 Å². The second-order valence-electron chi connectivity index (χ2n) is 5.64. The highest BCUT2D eigenvalue weighted by molar-refractivity contribution is 7.18. The maximum absolute atomic E-state index is 10.3. The van der Waals surface area contributed by atoms with Crippen LogP contribution < -0.4 is 10.6 Å². The van der Waals surface area contributed by atoms with Crippen LogP contribution in [-0.4, -0.2) is 28.2 Å². The van der Waals surface area contributed by atoms with Gasteiger partial charge in [0, 0.05) is 18.0 Å². The molecule has 6 heteroatoms. The Morgan fingerprint density at radius 2 is 2.13 bits per heavy atom. The molecule has 0 aliphatic carbocycles. The van der Waals surface area contributed by atoms with E-state index in [2.05, 4.69) is 20.6 Å². The number of hydrogen-bond donors (Lipinski definition) is 3. The number of fused-ring (bicyclic) bond motifs is 3. The molecule has 3 N–H and O–H groups in total. The third-order valence-corrected chi connectivity index (χ3v) is 5.30. The van der Waals surface area contributed by atoms with Crippen molar-refractivity contribution in [2.75, 3.05) is 18.4 Å². The second-order valence-corrected chi connectivity index (χ2v) is 6.72. The summed E-state index contributed by atoms with van der Waals surface area (Å²) in [4.78, 5) is 11.2. The lowest BCUT2D eigenvalue weighted by Gasteiger charge is -2.15. The number of nitrogens with zero attached hydrogens (tertiary/aromatic N) is 2. The molecule has 0 radical (unpaired) electrons. The zero-order valence-corrected chi connectivity index (χ0v) is 13.4. The highest BCUT2D eigenvalue weighted by atomic mass is 32.1. The molecule has 1 aliphatic heterocycles. The molecule has 2 aromatic heterocycles. The van der Waals surface area contributed by atoms with Crippen molar-refractivity contribution in [1.82, 2.24) is 15.3 Å². The minimum atomic E-state index is -0.558. The van der Waals surface area contributed by atoms with Crippen LogP contribution in [0.1, 0.15) is 22.1 Å². The van der Waals surface area contributed by atoms with Crippen LogP contribution in [0.2, 0.25) is 0 Å². The molecule has 23 heavy (non-hydrogen) atoms. The highest BCUT2D eigenvalue weighted by Crippen LogP contribution is 2.35. The van der Waals surface area contributed by atoms with Crippen LogP contribution in [0.4, 0.5) is 5.82 Å². The smallest absolute Gasteiger partial charge is 0.138 e. The van der Waals surface area contributed by atoms with E-state index in [1.54, 1.807) is 17.7 Å². The number of aromatic nitrogens is 2. The summed E-state index contributed by atoms with van der Waals surface area (Å²) in [6.07, 6.45) is 2.03. The molecule has 1 aliphatic rings. The molecular formula is C17H18N4OS. The van der Waals surface area contributed by atoms with Crippen molar-refractivity contribution in [2.45, 2.75) is 19.1 Å². The van der Waals surface area contributed by atoms with E-state index >= 15 is 0 Å². The summed E-state index contributed by atoms with van der Waals surface area (Å²) < 4.78 is 0. The van der Waals surface area contributed by atoms with E-state index in [-0.39, 0.29) is 0 Å². The number of thiophene rings is 1.